The number of unbranched alkanes of at least 4 members (excludes halogenated alkanes) is 56. The van der Waals surface area contributed by atoms with E-state index >= 15 is 0 Å². The molecular formula is C84H164O17P2. The van der Waals surface area contributed by atoms with Gasteiger partial charge in [0.15, 0.2) is 12.2 Å². The predicted molar refractivity (Wildman–Crippen MR) is 423 cm³/mol. The number of hydrogen-bond acceptors (Lipinski definition) is 15. The summed E-state index contributed by atoms with van der Waals surface area (Å²) in [6.07, 6.45) is 69.6. The maximum absolute atomic E-state index is 13.1. The van der Waals surface area contributed by atoms with Crippen LogP contribution in [0.2, 0.25) is 0 Å². The van der Waals surface area contributed by atoms with E-state index in [1.165, 1.54) is 276 Å². The third-order valence-corrected chi connectivity index (χ3v) is 21.7. The normalized spacial score (nSPS) is 13.8. The van der Waals surface area contributed by atoms with E-state index in [0.29, 0.717) is 25.7 Å². The van der Waals surface area contributed by atoms with Gasteiger partial charge in [-0.25, -0.2) is 9.13 Å². The van der Waals surface area contributed by atoms with Crippen molar-refractivity contribution in [3.05, 3.63) is 0 Å². The lowest BCUT2D eigenvalue weighted by molar-refractivity contribution is -0.161. The van der Waals surface area contributed by atoms with Crippen LogP contribution in [0.5, 0.6) is 0 Å². The Balaban J connectivity index is 5.18. The lowest BCUT2D eigenvalue weighted by atomic mass is 10.0. The molecule has 0 bridgehead atoms. The average Bonchev–Trinajstić information content (AvgIpc) is 0.919. The molecule has 0 aliphatic heterocycles. The minimum atomic E-state index is -4.96. The Labute approximate surface area is 632 Å². The molecule has 0 aliphatic rings. The van der Waals surface area contributed by atoms with Gasteiger partial charge in [-0.15, -0.1) is 0 Å². The van der Waals surface area contributed by atoms with Gasteiger partial charge in [-0.2, -0.15) is 0 Å². The van der Waals surface area contributed by atoms with Crippen LogP contribution in [-0.2, 0) is 65.4 Å². The van der Waals surface area contributed by atoms with Gasteiger partial charge in [0.2, 0.25) is 0 Å². The summed E-state index contributed by atoms with van der Waals surface area (Å²) in [5.41, 5.74) is 0. The number of carbonyl (C=O) groups is 4. The summed E-state index contributed by atoms with van der Waals surface area (Å²) in [6, 6.07) is 0. The fourth-order valence-electron chi connectivity index (χ4n) is 13.1. The highest BCUT2D eigenvalue weighted by molar-refractivity contribution is 7.47. The standard InChI is InChI=1S/C84H164O17P2/c1-6-9-12-15-18-21-23-25-27-28-29-30-31-32-33-38-42-46-50-55-60-65-70-84(89)101-80(74-95-82(87)68-63-58-53-48-44-41-37-35-34-36-39-43-47-51-56-61-66-77(4)5)76-99-103(92,93)97-72-78(85)71-96-102(90,91)98-75-79(73-94-81(86)67-62-57-52-20-17-14-11-8-3)100-83(88)69-64-59-54-49-45-40-26-24-22-19-16-13-10-7-2/h77-80,85H,6-76H2,1-5H3,(H,90,91)(H,92,93)/t78-,79+,80+/m0/s1. The van der Waals surface area contributed by atoms with Gasteiger partial charge in [-0.1, -0.05) is 401 Å². The summed E-state index contributed by atoms with van der Waals surface area (Å²) in [6.45, 7) is 7.35. The van der Waals surface area contributed by atoms with E-state index in [9.17, 15) is 43.2 Å². The second-order valence-electron chi connectivity index (χ2n) is 30.7. The molecule has 3 N–H and O–H groups in total. The van der Waals surface area contributed by atoms with E-state index in [1.54, 1.807) is 0 Å². The number of rotatable bonds is 84. The molecule has 17 nitrogen and oxygen atoms in total. The molecule has 0 rings (SSSR count). The first-order chi connectivity index (χ1) is 50.0. The molecule has 2 unspecified atom stereocenters. The zero-order valence-corrected chi connectivity index (χ0v) is 69.3. The second-order valence-corrected chi connectivity index (χ2v) is 33.6. The van der Waals surface area contributed by atoms with Gasteiger partial charge < -0.3 is 33.8 Å². The van der Waals surface area contributed by atoms with Crippen molar-refractivity contribution in [3.8, 4) is 0 Å². The van der Waals surface area contributed by atoms with E-state index < -0.39 is 97.5 Å². The number of ether oxygens (including phenoxy) is 4. The summed E-state index contributed by atoms with van der Waals surface area (Å²) in [5.74, 6) is -1.29. The fourth-order valence-corrected chi connectivity index (χ4v) is 14.7. The molecule has 0 aromatic carbocycles. The highest BCUT2D eigenvalue weighted by Crippen LogP contribution is 2.45. The first-order valence-electron chi connectivity index (χ1n) is 43.6. The van der Waals surface area contributed by atoms with Gasteiger partial charge in [0.1, 0.15) is 19.3 Å². The minimum Gasteiger partial charge on any atom is -0.462 e. The van der Waals surface area contributed by atoms with Crippen LogP contribution in [0.3, 0.4) is 0 Å². The van der Waals surface area contributed by atoms with E-state index in [-0.39, 0.29) is 25.7 Å². The smallest absolute Gasteiger partial charge is 0.462 e. The largest absolute Gasteiger partial charge is 0.472 e. The quantitative estimate of drug-likeness (QED) is 0.0222. The summed E-state index contributed by atoms with van der Waals surface area (Å²) < 4.78 is 68.7. The summed E-state index contributed by atoms with van der Waals surface area (Å²) in [4.78, 5) is 73.0. The second kappa shape index (κ2) is 76.8. The van der Waals surface area contributed by atoms with Crippen molar-refractivity contribution < 1.29 is 80.2 Å². The Kier molecular flexibility index (Phi) is 75.4. The number of hydrogen-bond donors (Lipinski definition) is 3. The van der Waals surface area contributed by atoms with Crippen molar-refractivity contribution >= 4 is 39.5 Å². The first kappa shape index (κ1) is 101. The predicted octanol–water partition coefficient (Wildman–Crippen LogP) is 25.6. The van der Waals surface area contributed by atoms with Gasteiger partial charge >= 0.3 is 39.5 Å². The number of aliphatic hydroxyl groups is 1. The molecule has 0 radical (unpaired) electrons. The summed E-state index contributed by atoms with van der Waals surface area (Å²) in [5, 5.41) is 10.6. The maximum Gasteiger partial charge on any atom is 0.472 e. The van der Waals surface area contributed by atoms with E-state index in [1.807, 2.05) is 0 Å². The maximum atomic E-state index is 13.1. The van der Waals surface area contributed by atoms with Crippen LogP contribution >= 0.6 is 15.6 Å². The summed E-state index contributed by atoms with van der Waals surface area (Å²) in [7, 11) is -9.92. The molecule has 0 saturated carbocycles. The highest BCUT2D eigenvalue weighted by Gasteiger charge is 2.30. The number of phosphoric ester groups is 2. The SMILES string of the molecule is CCCCCCCCCCCCCCCCCCCCCCCCC(=O)O[C@H](COC(=O)CCCCCCCCCCCCCCCCCCC(C)C)COP(=O)(O)OC[C@@H](O)COP(=O)(O)OC[C@@H](COC(=O)CCCCCCCCCC)OC(=O)CCCCCCCCCCCCCCCC. The van der Waals surface area contributed by atoms with Gasteiger partial charge in [0, 0.05) is 25.7 Å². The van der Waals surface area contributed by atoms with Crippen LogP contribution in [-0.4, -0.2) is 96.7 Å². The molecular weight excluding hydrogens is 1340 g/mol. The monoisotopic (exact) mass is 1510 g/mol. The molecule has 0 aliphatic carbocycles. The zero-order valence-electron chi connectivity index (χ0n) is 67.5. The lowest BCUT2D eigenvalue weighted by Gasteiger charge is -2.21. The Bertz CT molecular complexity index is 1960. The third kappa shape index (κ3) is 78.0. The zero-order chi connectivity index (χ0) is 75.5. The Morgan fingerprint density at radius 1 is 0.262 bits per heavy atom. The Morgan fingerprint density at radius 3 is 0.660 bits per heavy atom. The third-order valence-electron chi connectivity index (χ3n) is 19.8. The number of phosphoric acid groups is 2. The van der Waals surface area contributed by atoms with Crippen LogP contribution in [0.25, 0.3) is 0 Å². The number of esters is 4. The van der Waals surface area contributed by atoms with Crippen molar-refractivity contribution in [2.45, 2.75) is 470 Å². The topological polar surface area (TPSA) is 237 Å². The van der Waals surface area contributed by atoms with Gasteiger partial charge in [0.25, 0.3) is 0 Å². The van der Waals surface area contributed by atoms with Crippen LogP contribution in [0, 0.1) is 5.92 Å². The lowest BCUT2D eigenvalue weighted by Crippen LogP contribution is -2.30. The van der Waals surface area contributed by atoms with Crippen molar-refractivity contribution in [2.24, 2.45) is 5.92 Å². The average molecular weight is 1510 g/mol. The van der Waals surface area contributed by atoms with Gasteiger partial charge in [-0.3, -0.25) is 37.3 Å². The molecule has 5 atom stereocenters. The fraction of sp³-hybridized carbons (Fsp3) is 0.952. The Morgan fingerprint density at radius 2 is 0.447 bits per heavy atom. The van der Waals surface area contributed by atoms with E-state index in [4.69, 9.17) is 37.0 Å². The first-order valence-corrected chi connectivity index (χ1v) is 46.6. The van der Waals surface area contributed by atoms with Crippen molar-refractivity contribution in [2.75, 3.05) is 39.6 Å². The van der Waals surface area contributed by atoms with Gasteiger partial charge in [0.05, 0.1) is 26.4 Å². The molecule has 0 spiro atoms. The van der Waals surface area contributed by atoms with Crippen LogP contribution in [0.4, 0.5) is 0 Å². The highest BCUT2D eigenvalue weighted by atomic mass is 31.2. The molecule has 103 heavy (non-hydrogen) atoms. The van der Waals surface area contributed by atoms with Crippen molar-refractivity contribution in [1.82, 2.24) is 0 Å². The van der Waals surface area contributed by atoms with E-state index in [0.717, 1.165) is 95.8 Å². The molecule has 0 heterocycles. The molecule has 0 saturated heterocycles. The number of aliphatic hydroxyl groups excluding tert-OH is 1. The van der Waals surface area contributed by atoms with Crippen LogP contribution < -0.4 is 0 Å². The van der Waals surface area contributed by atoms with Gasteiger partial charge in [-0.05, 0) is 31.6 Å². The molecule has 0 aromatic heterocycles. The molecule has 19 heteroatoms. The Hall–Kier alpha value is -1.94. The molecule has 0 amide bonds. The minimum absolute atomic E-state index is 0.108. The molecule has 612 valence electrons. The summed E-state index contributed by atoms with van der Waals surface area (Å²) >= 11 is 0. The van der Waals surface area contributed by atoms with Crippen LogP contribution in [0.15, 0.2) is 0 Å². The van der Waals surface area contributed by atoms with E-state index in [2.05, 4.69) is 34.6 Å². The molecule has 0 aromatic rings. The molecule has 0 fully saturated rings. The van der Waals surface area contributed by atoms with Crippen molar-refractivity contribution in [1.29, 1.82) is 0 Å². The van der Waals surface area contributed by atoms with Crippen LogP contribution in [0.1, 0.15) is 452 Å². The number of carbonyl (C=O) groups excluding carboxylic acids is 4. The van der Waals surface area contributed by atoms with Crippen molar-refractivity contribution in [3.63, 3.8) is 0 Å².